The van der Waals surface area contributed by atoms with E-state index in [0.29, 0.717) is 19.8 Å². The van der Waals surface area contributed by atoms with Gasteiger partial charge in [0.05, 0.1) is 19.3 Å². The van der Waals surface area contributed by atoms with Crippen LogP contribution in [0, 0.1) is 0 Å². The summed E-state index contributed by atoms with van der Waals surface area (Å²) in [5.41, 5.74) is 7.16. The molecule has 1 aromatic rings. The summed E-state index contributed by atoms with van der Waals surface area (Å²) in [5, 5.41) is 0.719. The molecule has 0 heterocycles. The van der Waals surface area contributed by atoms with Gasteiger partial charge in [0.15, 0.2) is 0 Å². The Morgan fingerprint density at radius 1 is 1.17 bits per heavy atom. The fraction of sp³-hybridized carbons (Fsp3) is 0.571. The Morgan fingerprint density at radius 3 is 2.39 bits per heavy atom. The first-order chi connectivity index (χ1) is 8.69. The molecular formula is C14H22ClNO2. The molecule has 1 aromatic carbocycles. The van der Waals surface area contributed by atoms with E-state index in [4.69, 9.17) is 26.8 Å². The lowest BCUT2D eigenvalue weighted by molar-refractivity contribution is -0.00548. The van der Waals surface area contributed by atoms with Gasteiger partial charge in [-0.25, -0.2) is 0 Å². The molecule has 0 aliphatic heterocycles. The first kappa shape index (κ1) is 15.4. The van der Waals surface area contributed by atoms with Crippen molar-refractivity contribution in [3.05, 3.63) is 34.9 Å². The first-order valence-electron chi connectivity index (χ1n) is 6.39. The van der Waals surface area contributed by atoms with Crippen LogP contribution in [0.15, 0.2) is 24.3 Å². The average Bonchev–Trinajstić information content (AvgIpc) is 2.39. The second-order valence-corrected chi connectivity index (χ2v) is 4.55. The maximum atomic E-state index is 6.10. The van der Waals surface area contributed by atoms with Crippen LogP contribution in [0.5, 0.6) is 0 Å². The summed E-state index contributed by atoms with van der Waals surface area (Å²) in [6.07, 6.45) is 0.759. The molecule has 2 N–H and O–H groups in total. The molecule has 0 amide bonds. The molecular weight excluding hydrogens is 250 g/mol. The Labute approximate surface area is 114 Å². The van der Waals surface area contributed by atoms with E-state index in [0.717, 1.165) is 17.0 Å². The summed E-state index contributed by atoms with van der Waals surface area (Å²) in [7, 11) is 0. The molecule has 0 bridgehead atoms. The van der Waals surface area contributed by atoms with E-state index >= 15 is 0 Å². The highest BCUT2D eigenvalue weighted by Gasteiger charge is 2.18. The third kappa shape index (κ3) is 4.94. The second-order valence-electron chi connectivity index (χ2n) is 4.11. The van der Waals surface area contributed by atoms with Gasteiger partial charge in [-0.05, 0) is 31.0 Å². The van der Waals surface area contributed by atoms with Crippen LogP contribution >= 0.6 is 11.6 Å². The minimum Gasteiger partial charge on any atom is -0.379 e. The van der Waals surface area contributed by atoms with Crippen molar-refractivity contribution in [2.45, 2.75) is 32.4 Å². The molecule has 18 heavy (non-hydrogen) atoms. The number of hydrogen-bond donors (Lipinski definition) is 1. The van der Waals surface area contributed by atoms with Gasteiger partial charge in [0, 0.05) is 17.7 Å². The fourth-order valence-electron chi connectivity index (χ4n) is 1.71. The van der Waals surface area contributed by atoms with Gasteiger partial charge >= 0.3 is 0 Å². The molecule has 1 rings (SSSR count). The zero-order chi connectivity index (χ0) is 13.4. The lowest BCUT2D eigenvalue weighted by atomic mass is 10.0. The van der Waals surface area contributed by atoms with Gasteiger partial charge in [0.1, 0.15) is 0 Å². The normalized spacial score (nSPS) is 14.4. The maximum Gasteiger partial charge on any atom is 0.0976 e. The maximum absolute atomic E-state index is 6.10. The molecule has 0 spiro atoms. The molecule has 0 saturated carbocycles. The van der Waals surface area contributed by atoms with E-state index < -0.39 is 0 Å². The third-order valence-corrected chi connectivity index (χ3v) is 3.04. The smallest absolute Gasteiger partial charge is 0.0976 e. The van der Waals surface area contributed by atoms with Crippen molar-refractivity contribution in [3.8, 4) is 0 Å². The predicted octanol–water partition coefficient (Wildman–Crippen LogP) is 3.17. The highest BCUT2D eigenvalue weighted by atomic mass is 35.5. The lowest BCUT2D eigenvalue weighted by Gasteiger charge is -2.24. The summed E-state index contributed by atoms with van der Waals surface area (Å²) in [4.78, 5) is 0. The van der Waals surface area contributed by atoms with Crippen molar-refractivity contribution in [2.24, 2.45) is 5.73 Å². The van der Waals surface area contributed by atoms with E-state index in [2.05, 4.69) is 6.92 Å². The Hall–Kier alpha value is -0.610. The number of halogens is 1. The van der Waals surface area contributed by atoms with Gasteiger partial charge in [0.2, 0.25) is 0 Å². The van der Waals surface area contributed by atoms with Crippen molar-refractivity contribution < 1.29 is 9.47 Å². The number of nitrogens with two attached hydrogens (primary N) is 1. The number of ether oxygens (including phenoxy) is 2. The quantitative estimate of drug-likeness (QED) is 0.739. The average molecular weight is 272 g/mol. The summed E-state index contributed by atoms with van der Waals surface area (Å²) < 4.78 is 11.1. The minimum absolute atomic E-state index is 0.0206. The molecule has 0 aliphatic carbocycles. The Balaban J connectivity index is 2.63. The third-order valence-electron chi connectivity index (χ3n) is 2.79. The van der Waals surface area contributed by atoms with Gasteiger partial charge in [0.25, 0.3) is 0 Å². The zero-order valence-electron chi connectivity index (χ0n) is 11.1. The van der Waals surface area contributed by atoms with Crippen LogP contribution in [0.4, 0.5) is 0 Å². The topological polar surface area (TPSA) is 44.5 Å². The van der Waals surface area contributed by atoms with E-state index in [9.17, 15) is 0 Å². The van der Waals surface area contributed by atoms with Crippen LogP contribution in [0.25, 0.3) is 0 Å². The summed E-state index contributed by atoms with van der Waals surface area (Å²) in [6.45, 7) is 5.87. The number of rotatable bonds is 8. The van der Waals surface area contributed by atoms with Crippen molar-refractivity contribution in [1.82, 2.24) is 0 Å². The SMILES string of the molecule is CCOCCOC(c1ccc(Cl)cc1)C(N)CC. The largest absolute Gasteiger partial charge is 0.379 e. The molecule has 4 heteroatoms. The van der Waals surface area contributed by atoms with Crippen LogP contribution in [-0.2, 0) is 9.47 Å². The minimum atomic E-state index is -0.104. The molecule has 0 aromatic heterocycles. The molecule has 3 nitrogen and oxygen atoms in total. The first-order valence-corrected chi connectivity index (χ1v) is 6.77. The molecule has 0 aliphatic rings. The second kappa shape index (κ2) is 8.48. The zero-order valence-corrected chi connectivity index (χ0v) is 11.8. The molecule has 0 fully saturated rings. The summed E-state index contributed by atoms with van der Waals surface area (Å²) in [6, 6.07) is 7.62. The number of hydrogen-bond acceptors (Lipinski definition) is 3. The van der Waals surface area contributed by atoms with Crippen LogP contribution in [0.1, 0.15) is 31.9 Å². The monoisotopic (exact) mass is 271 g/mol. The predicted molar refractivity (Wildman–Crippen MR) is 74.9 cm³/mol. The van der Waals surface area contributed by atoms with Crippen LogP contribution in [0.2, 0.25) is 5.02 Å². The highest BCUT2D eigenvalue weighted by molar-refractivity contribution is 6.30. The van der Waals surface area contributed by atoms with Crippen LogP contribution < -0.4 is 5.73 Å². The Kier molecular flexibility index (Phi) is 7.28. The number of benzene rings is 1. The van der Waals surface area contributed by atoms with E-state index in [1.54, 1.807) is 0 Å². The summed E-state index contributed by atoms with van der Waals surface area (Å²) in [5.74, 6) is 0. The van der Waals surface area contributed by atoms with Gasteiger partial charge in [-0.1, -0.05) is 30.7 Å². The Morgan fingerprint density at radius 2 is 1.83 bits per heavy atom. The van der Waals surface area contributed by atoms with E-state index in [-0.39, 0.29) is 12.1 Å². The molecule has 0 radical (unpaired) electrons. The van der Waals surface area contributed by atoms with Crippen molar-refractivity contribution >= 4 is 11.6 Å². The van der Waals surface area contributed by atoms with Crippen molar-refractivity contribution in [3.63, 3.8) is 0 Å². The molecule has 0 saturated heterocycles. The van der Waals surface area contributed by atoms with E-state index in [1.165, 1.54) is 0 Å². The highest BCUT2D eigenvalue weighted by Crippen LogP contribution is 2.23. The molecule has 102 valence electrons. The van der Waals surface area contributed by atoms with Crippen LogP contribution in [-0.4, -0.2) is 25.9 Å². The molecule has 2 unspecified atom stereocenters. The van der Waals surface area contributed by atoms with Crippen LogP contribution in [0.3, 0.4) is 0 Å². The van der Waals surface area contributed by atoms with E-state index in [1.807, 2.05) is 31.2 Å². The van der Waals surface area contributed by atoms with Gasteiger partial charge in [-0.2, -0.15) is 0 Å². The van der Waals surface area contributed by atoms with Gasteiger partial charge in [-0.15, -0.1) is 0 Å². The Bertz CT molecular complexity index is 329. The van der Waals surface area contributed by atoms with Gasteiger partial charge in [-0.3, -0.25) is 0 Å². The van der Waals surface area contributed by atoms with Crippen molar-refractivity contribution in [2.75, 3.05) is 19.8 Å². The lowest BCUT2D eigenvalue weighted by Crippen LogP contribution is -2.30. The fourth-order valence-corrected chi connectivity index (χ4v) is 1.84. The van der Waals surface area contributed by atoms with Crippen molar-refractivity contribution in [1.29, 1.82) is 0 Å². The standard InChI is InChI=1S/C14H22ClNO2/c1-3-13(16)14(18-10-9-17-4-2)11-5-7-12(15)8-6-11/h5-8,13-14H,3-4,9-10,16H2,1-2H3. The summed E-state index contributed by atoms with van der Waals surface area (Å²) >= 11 is 5.88. The van der Waals surface area contributed by atoms with Gasteiger partial charge < -0.3 is 15.2 Å². The molecule has 2 atom stereocenters.